The third-order valence-electron chi connectivity index (χ3n) is 16.1. The molecule has 0 N–H and O–H groups in total. The van der Waals surface area contributed by atoms with E-state index in [9.17, 15) is 29.4 Å². The Hall–Kier alpha value is -0.860. The molecule has 0 aromatic carbocycles. The number of carboxylic acid groups (broad SMARTS) is 2. The molecule has 79 heavy (non-hydrogen) atoms. The number of hydrogen-bond acceptors (Lipinski definition) is 8. The van der Waals surface area contributed by atoms with E-state index in [1.165, 1.54) is 244 Å². The first-order chi connectivity index (χ1) is 38.2. The van der Waals surface area contributed by atoms with Gasteiger partial charge in [0.25, 0.3) is 0 Å². The molecule has 0 aromatic heterocycles. The first-order valence-corrected chi connectivity index (χ1v) is 35.0. The molecule has 0 spiro atoms. The average Bonchev–Trinajstić information content (AvgIpc) is 3.41. The van der Waals surface area contributed by atoms with Gasteiger partial charge in [-0.15, -0.1) is 0 Å². The number of unbranched alkanes of at least 4 members (excludes halogenated alkanes) is 46. The topological polar surface area (TPSA) is 133 Å². The van der Waals surface area contributed by atoms with Gasteiger partial charge < -0.3 is 29.3 Å². The maximum atomic E-state index is 12.3. The Bertz CT molecular complexity index is 1140. The molecule has 0 saturated heterocycles. The van der Waals surface area contributed by atoms with Crippen molar-refractivity contribution in [1.29, 1.82) is 0 Å². The van der Waals surface area contributed by atoms with E-state index >= 15 is 0 Å². The zero-order valence-corrected chi connectivity index (χ0v) is 55.8. The van der Waals surface area contributed by atoms with Crippen molar-refractivity contribution in [2.24, 2.45) is 0 Å². The molecule has 0 aliphatic carbocycles. The van der Waals surface area contributed by atoms with Gasteiger partial charge in [0.05, 0.1) is 0 Å². The quantitative estimate of drug-likeness (QED) is 0.0334. The minimum Gasteiger partial charge on any atom is -0.550 e. The molecule has 464 valence electrons. The predicted molar refractivity (Wildman–Crippen MR) is 335 cm³/mol. The fraction of sp³-hybridized carbons (Fsp3) is 0.943. The molecule has 0 heterocycles. The predicted octanol–water partition coefficient (Wildman–Crippen LogP) is 20.4. The van der Waals surface area contributed by atoms with E-state index in [2.05, 4.69) is 27.7 Å². The molecule has 0 aliphatic heterocycles. The number of rotatable bonds is 64. The molecule has 2 atom stereocenters. The van der Waals surface area contributed by atoms with Gasteiger partial charge in [-0.25, -0.2) is 0 Å². The van der Waals surface area contributed by atoms with Crippen LogP contribution in [0.1, 0.15) is 413 Å². The number of ether oxygens (including phenoxy) is 2. The zero-order chi connectivity index (χ0) is 57.3. The van der Waals surface area contributed by atoms with E-state index < -0.39 is 11.9 Å². The maximum absolute atomic E-state index is 12.3. The molecule has 9 heteroatoms. The normalized spacial score (nSPS) is 11.9. The van der Waals surface area contributed by atoms with Gasteiger partial charge in [-0.2, -0.15) is 0 Å². The summed E-state index contributed by atoms with van der Waals surface area (Å²) < 4.78 is 11.7. The van der Waals surface area contributed by atoms with Crippen molar-refractivity contribution >= 4 is 61.6 Å². The van der Waals surface area contributed by atoms with Crippen LogP contribution in [0.3, 0.4) is 0 Å². The largest absolute Gasteiger partial charge is 2.00 e. The Labute approximate surface area is 522 Å². The molecular weight excluding hydrogens is 1010 g/mol. The number of carbonyl (C=O) groups is 4. The van der Waals surface area contributed by atoms with Crippen LogP contribution in [0.5, 0.6) is 0 Å². The molecule has 0 fully saturated rings. The summed E-state index contributed by atoms with van der Waals surface area (Å²) in [7, 11) is 0. The van der Waals surface area contributed by atoms with Crippen LogP contribution in [0.2, 0.25) is 0 Å². The first-order valence-electron chi connectivity index (χ1n) is 35.0. The summed E-state index contributed by atoms with van der Waals surface area (Å²) >= 11 is 0. The van der Waals surface area contributed by atoms with Crippen molar-refractivity contribution in [2.75, 3.05) is 0 Å². The van der Waals surface area contributed by atoms with E-state index in [4.69, 9.17) is 9.47 Å². The van der Waals surface area contributed by atoms with Gasteiger partial charge in [-0.1, -0.05) is 323 Å². The van der Waals surface area contributed by atoms with Gasteiger partial charge in [0.2, 0.25) is 0 Å². The number of carboxylic acids is 2. The molecular formula is C70H134CaO8. The van der Waals surface area contributed by atoms with E-state index in [0.717, 1.165) is 116 Å². The van der Waals surface area contributed by atoms with Crippen molar-refractivity contribution < 1.29 is 38.9 Å². The van der Waals surface area contributed by atoms with Crippen molar-refractivity contribution in [2.45, 2.75) is 425 Å². The summed E-state index contributed by atoms with van der Waals surface area (Å²) in [5.74, 6) is -1.80. The second-order valence-corrected chi connectivity index (χ2v) is 24.1. The summed E-state index contributed by atoms with van der Waals surface area (Å²) in [6.45, 7) is 8.92. The number of esters is 2. The van der Waals surface area contributed by atoms with Crippen LogP contribution in [-0.4, -0.2) is 73.8 Å². The molecule has 0 aliphatic rings. The average molecular weight is 1140 g/mol. The molecule has 0 saturated carbocycles. The van der Waals surface area contributed by atoms with Gasteiger partial charge >= 0.3 is 49.7 Å². The zero-order valence-electron chi connectivity index (χ0n) is 53.6. The molecule has 0 aromatic rings. The van der Waals surface area contributed by atoms with Crippen molar-refractivity contribution in [3.05, 3.63) is 0 Å². The first kappa shape index (κ1) is 82.4. The maximum Gasteiger partial charge on any atom is 2.00 e. The van der Waals surface area contributed by atoms with E-state index in [0.29, 0.717) is 12.8 Å². The second-order valence-electron chi connectivity index (χ2n) is 24.1. The minimum atomic E-state index is -0.922. The SMILES string of the molecule is CCCCCCCCCCCCCCCCC(=O)OC(CCC)CCCCCCCCCCCCCC(=O)[O-].CCCCCCCCCCCCCCCCC(=O)OC(CCC)CCCCCCCCCCCCCC(=O)[O-].[Ca+2]. The smallest absolute Gasteiger partial charge is 0.550 e. The van der Waals surface area contributed by atoms with Gasteiger partial charge in [-0.3, -0.25) is 9.59 Å². The van der Waals surface area contributed by atoms with Gasteiger partial charge in [0, 0.05) is 24.8 Å². The van der Waals surface area contributed by atoms with Gasteiger partial charge in [0.15, 0.2) is 0 Å². The standard InChI is InChI=1S/2C35H68O4.Ca/c2*1-3-5-6-7-8-9-10-11-12-16-19-22-25-28-32-35(38)39-33(29-4-2)30-26-23-20-17-14-13-15-18-21-24-27-31-34(36)37;/h2*33H,3-32H2,1-2H3,(H,36,37);/q;;+2/p-2. The Kier molecular flexibility index (Phi) is 74.4. The fourth-order valence-electron chi connectivity index (χ4n) is 11.1. The van der Waals surface area contributed by atoms with E-state index in [1.54, 1.807) is 0 Å². The van der Waals surface area contributed by atoms with Crippen LogP contribution in [0, 0.1) is 0 Å². The van der Waals surface area contributed by atoms with Crippen molar-refractivity contribution in [1.82, 2.24) is 0 Å². The van der Waals surface area contributed by atoms with Crippen LogP contribution in [0.15, 0.2) is 0 Å². The third-order valence-corrected chi connectivity index (χ3v) is 16.1. The molecule has 8 nitrogen and oxygen atoms in total. The van der Waals surface area contributed by atoms with E-state index in [1.807, 2.05) is 0 Å². The number of aliphatic carboxylic acids is 2. The second kappa shape index (κ2) is 71.4. The number of hydrogen-bond donors (Lipinski definition) is 0. The minimum absolute atomic E-state index is 0. The van der Waals surface area contributed by atoms with Crippen LogP contribution >= 0.6 is 0 Å². The summed E-state index contributed by atoms with van der Waals surface area (Å²) in [5.41, 5.74) is 0. The molecule has 2 unspecified atom stereocenters. The Morgan fingerprint density at radius 2 is 0.418 bits per heavy atom. The Morgan fingerprint density at radius 3 is 0.608 bits per heavy atom. The summed E-state index contributed by atoms with van der Waals surface area (Å²) in [6, 6.07) is 0. The fourth-order valence-corrected chi connectivity index (χ4v) is 11.1. The van der Waals surface area contributed by atoms with Crippen molar-refractivity contribution in [3.63, 3.8) is 0 Å². The van der Waals surface area contributed by atoms with Crippen LogP contribution in [-0.2, 0) is 28.7 Å². The van der Waals surface area contributed by atoms with Gasteiger partial charge in [-0.05, 0) is 77.0 Å². The summed E-state index contributed by atoms with van der Waals surface area (Å²) in [6.07, 6.45) is 71.3. The van der Waals surface area contributed by atoms with E-state index in [-0.39, 0.29) is 74.7 Å². The Balaban J connectivity index is -0.00000144. The molecule has 0 rings (SSSR count). The molecule has 0 amide bonds. The summed E-state index contributed by atoms with van der Waals surface area (Å²) in [4.78, 5) is 45.5. The van der Waals surface area contributed by atoms with Crippen molar-refractivity contribution in [3.8, 4) is 0 Å². The van der Waals surface area contributed by atoms with Crippen LogP contribution in [0.4, 0.5) is 0 Å². The van der Waals surface area contributed by atoms with Gasteiger partial charge in [0.1, 0.15) is 12.2 Å². The van der Waals surface area contributed by atoms with Crippen LogP contribution in [0.25, 0.3) is 0 Å². The third kappa shape index (κ3) is 73.2. The molecule has 0 radical (unpaired) electrons. The summed E-state index contributed by atoms with van der Waals surface area (Å²) in [5, 5.41) is 20.8. The van der Waals surface area contributed by atoms with Crippen LogP contribution < -0.4 is 10.2 Å². The Morgan fingerprint density at radius 1 is 0.241 bits per heavy atom. The number of carbonyl (C=O) groups excluding carboxylic acids is 4. The molecule has 0 bridgehead atoms. The monoisotopic (exact) mass is 1140 g/mol.